The van der Waals surface area contributed by atoms with E-state index in [2.05, 4.69) is 12.2 Å². The topological polar surface area (TPSA) is 29.1 Å². The first-order valence-electron chi connectivity index (χ1n) is 6.66. The monoisotopic (exact) mass is 265 g/mol. The molecule has 0 saturated heterocycles. The second kappa shape index (κ2) is 9.03. The van der Waals surface area contributed by atoms with Gasteiger partial charge in [0.25, 0.3) is 0 Å². The number of rotatable bonds is 8. The largest absolute Gasteiger partial charge is 0.325 e. The average molecular weight is 265 g/mol. The molecule has 0 aromatic heterocycles. The van der Waals surface area contributed by atoms with Gasteiger partial charge in [0.2, 0.25) is 5.91 Å². The number of thioether (sulfide) groups is 1. The van der Waals surface area contributed by atoms with Crippen LogP contribution < -0.4 is 5.32 Å². The van der Waals surface area contributed by atoms with E-state index in [1.54, 1.807) is 11.8 Å². The predicted molar refractivity (Wildman–Crippen MR) is 81.3 cm³/mol. The second-order valence-corrected chi connectivity index (χ2v) is 5.63. The van der Waals surface area contributed by atoms with E-state index in [1.807, 2.05) is 31.2 Å². The van der Waals surface area contributed by atoms with Crippen LogP contribution in [0.5, 0.6) is 0 Å². The van der Waals surface area contributed by atoms with Gasteiger partial charge in [-0.1, -0.05) is 43.9 Å². The fourth-order valence-electron chi connectivity index (χ4n) is 1.63. The fraction of sp³-hybridized carbons (Fsp3) is 0.533. The van der Waals surface area contributed by atoms with Crippen molar-refractivity contribution in [3.63, 3.8) is 0 Å². The van der Waals surface area contributed by atoms with Crippen LogP contribution in [0.2, 0.25) is 0 Å². The summed E-state index contributed by atoms with van der Waals surface area (Å²) in [5, 5.41) is 2.91. The van der Waals surface area contributed by atoms with E-state index in [9.17, 15) is 4.79 Å². The second-order valence-electron chi connectivity index (χ2n) is 4.53. The number of amides is 1. The molecule has 1 aromatic rings. The van der Waals surface area contributed by atoms with Gasteiger partial charge in [-0.05, 0) is 31.2 Å². The third-order valence-electron chi connectivity index (χ3n) is 2.71. The van der Waals surface area contributed by atoms with Crippen molar-refractivity contribution in [2.75, 3.05) is 16.8 Å². The Balaban J connectivity index is 2.12. The summed E-state index contributed by atoms with van der Waals surface area (Å²) in [4.78, 5) is 11.7. The number of hydrogen-bond donors (Lipinski definition) is 1. The van der Waals surface area contributed by atoms with Crippen LogP contribution in [0.4, 0.5) is 5.69 Å². The Hall–Kier alpha value is -0.960. The number of aryl methyl sites for hydroxylation is 1. The molecule has 0 aliphatic rings. The molecule has 0 fully saturated rings. The normalized spacial score (nSPS) is 10.3. The molecule has 1 N–H and O–H groups in total. The molecule has 1 rings (SSSR count). The van der Waals surface area contributed by atoms with Gasteiger partial charge in [-0.2, -0.15) is 11.8 Å². The maximum atomic E-state index is 11.7. The Morgan fingerprint density at radius 2 is 1.89 bits per heavy atom. The number of carbonyl (C=O) groups is 1. The highest BCUT2D eigenvalue weighted by molar-refractivity contribution is 7.99. The molecule has 1 aromatic carbocycles. The van der Waals surface area contributed by atoms with Crippen molar-refractivity contribution in [2.24, 2.45) is 0 Å². The Labute approximate surface area is 115 Å². The molecule has 0 radical (unpaired) electrons. The highest BCUT2D eigenvalue weighted by Gasteiger charge is 2.02. The molecule has 0 spiro atoms. The van der Waals surface area contributed by atoms with E-state index >= 15 is 0 Å². The Morgan fingerprint density at radius 3 is 2.56 bits per heavy atom. The van der Waals surface area contributed by atoms with Crippen molar-refractivity contribution in [1.82, 2.24) is 0 Å². The standard InChI is InChI=1S/C15H23NOS/c1-3-4-5-6-11-18-12-15(17)16-14-9-7-13(2)8-10-14/h7-10H,3-6,11-12H2,1-2H3,(H,16,17). The van der Waals surface area contributed by atoms with E-state index in [0.29, 0.717) is 5.75 Å². The smallest absolute Gasteiger partial charge is 0.234 e. The highest BCUT2D eigenvalue weighted by Crippen LogP contribution is 2.11. The Kier molecular flexibility index (Phi) is 7.58. The summed E-state index contributed by atoms with van der Waals surface area (Å²) in [6.07, 6.45) is 5.06. The molecule has 1 amide bonds. The lowest BCUT2D eigenvalue weighted by Crippen LogP contribution is -2.14. The first-order chi connectivity index (χ1) is 8.72. The number of carbonyl (C=O) groups excluding carboxylic acids is 1. The van der Waals surface area contributed by atoms with Gasteiger partial charge < -0.3 is 5.32 Å². The van der Waals surface area contributed by atoms with Gasteiger partial charge in [-0.15, -0.1) is 0 Å². The molecule has 100 valence electrons. The number of anilines is 1. The van der Waals surface area contributed by atoms with Crippen molar-refractivity contribution in [3.05, 3.63) is 29.8 Å². The van der Waals surface area contributed by atoms with Crippen LogP contribution in [0.1, 0.15) is 38.2 Å². The van der Waals surface area contributed by atoms with Crippen LogP contribution in [-0.4, -0.2) is 17.4 Å². The summed E-state index contributed by atoms with van der Waals surface area (Å²) in [6, 6.07) is 7.90. The van der Waals surface area contributed by atoms with Crippen molar-refractivity contribution in [3.8, 4) is 0 Å². The molecular weight excluding hydrogens is 242 g/mol. The van der Waals surface area contributed by atoms with Gasteiger partial charge in [0.1, 0.15) is 0 Å². The third-order valence-corrected chi connectivity index (χ3v) is 3.75. The highest BCUT2D eigenvalue weighted by atomic mass is 32.2. The molecule has 0 bridgehead atoms. The van der Waals surface area contributed by atoms with Crippen LogP contribution in [0.15, 0.2) is 24.3 Å². The maximum Gasteiger partial charge on any atom is 0.234 e. The number of nitrogens with one attached hydrogen (secondary N) is 1. The first-order valence-corrected chi connectivity index (χ1v) is 7.82. The van der Waals surface area contributed by atoms with E-state index in [0.717, 1.165) is 11.4 Å². The maximum absolute atomic E-state index is 11.7. The summed E-state index contributed by atoms with van der Waals surface area (Å²) >= 11 is 1.72. The molecule has 3 heteroatoms. The molecular formula is C15H23NOS. The molecule has 0 unspecified atom stereocenters. The number of unbranched alkanes of at least 4 members (excludes halogenated alkanes) is 3. The molecule has 0 heterocycles. The minimum absolute atomic E-state index is 0.0966. The van der Waals surface area contributed by atoms with Crippen molar-refractivity contribution < 1.29 is 4.79 Å². The molecule has 0 saturated carbocycles. The lowest BCUT2D eigenvalue weighted by atomic mass is 10.2. The zero-order valence-corrected chi connectivity index (χ0v) is 12.2. The molecule has 0 aliphatic heterocycles. The van der Waals surface area contributed by atoms with Crippen LogP contribution in [0.3, 0.4) is 0 Å². The summed E-state index contributed by atoms with van der Waals surface area (Å²) in [7, 11) is 0. The summed E-state index contributed by atoms with van der Waals surface area (Å²) < 4.78 is 0. The molecule has 2 nitrogen and oxygen atoms in total. The zero-order valence-electron chi connectivity index (χ0n) is 11.4. The molecule has 0 atom stereocenters. The number of hydrogen-bond acceptors (Lipinski definition) is 2. The van der Waals surface area contributed by atoms with Gasteiger partial charge in [-0.25, -0.2) is 0 Å². The van der Waals surface area contributed by atoms with Crippen LogP contribution in [-0.2, 0) is 4.79 Å². The fourth-order valence-corrected chi connectivity index (χ4v) is 2.44. The SMILES string of the molecule is CCCCCCSCC(=O)Nc1ccc(C)cc1. The predicted octanol–water partition coefficient (Wildman–Crippen LogP) is 4.25. The van der Waals surface area contributed by atoms with Crippen molar-refractivity contribution >= 4 is 23.4 Å². The molecule has 18 heavy (non-hydrogen) atoms. The van der Waals surface area contributed by atoms with Gasteiger partial charge in [0.15, 0.2) is 0 Å². The molecule has 0 aliphatic carbocycles. The van der Waals surface area contributed by atoms with Crippen molar-refractivity contribution in [1.29, 1.82) is 0 Å². The van der Waals surface area contributed by atoms with E-state index < -0.39 is 0 Å². The average Bonchev–Trinajstić information content (AvgIpc) is 2.36. The van der Waals surface area contributed by atoms with Gasteiger partial charge >= 0.3 is 0 Å². The summed E-state index contributed by atoms with van der Waals surface area (Å²) in [5.74, 6) is 1.74. The van der Waals surface area contributed by atoms with Crippen LogP contribution in [0, 0.1) is 6.92 Å². The van der Waals surface area contributed by atoms with Gasteiger partial charge in [0, 0.05) is 5.69 Å². The minimum Gasteiger partial charge on any atom is -0.325 e. The van der Waals surface area contributed by atoms with E-state index in [4.69, 9.17) is 0 Å². The summed E-state index contributed by atoms with van der Waals surface area (Å²) in [6.45, 7) is 4.25. The van der Waals surface area contributed by atoms with Crippen LogP contribution in [0.25, 0.3) is 0 Å². The minimum atomic E-state index is 0.0966. The van der Waals surface area contributed by atoms with Gasteiger partial charge in [-0.3, -0.25) is 4.79 Å². The van der Waals surface area contributed by atoms with Crippen LogP contribution >= 0.6 is 11.8 Å². The Bertz CT molecular complexity index is 348. The lowest BCUT2D eigenvalue weighted by molar-refractivity contribution is -0.113. The quantitative estimate of drug-likeness (QED) is 0.712. The van der Waals surface area contributed by atoms with E-state index in [1.165, 1.54) is 31.2 Å². The van der Waals surface area contributed by atoms with E-state index in [-0.39, 0.29) is 5.91 Å². The van der Waals surface area contributed by atoms with Gasteiger partial charge in [0.05, 0.1) is 5.75 Å². The lowest BCUT2D eigenvalue weighted by Gasteiger charge is -2.05. The first kappa shape index (κ1) is 15.1. The zero-order chi connectivity index (χ0) is 13.2. The van der Waals surface area contributed by atoms with Crippen molar-refractivity contribution in [2.45, 2.75) is 39.5 Å². The third kappa shape index (κ3) is 6.70. The summed E-state index contributed by atoms with van der Waals surface area (Å²) in [5.41, 5.74) is 2.09. The Morgan fingerprint density at radius 1 is 1.17 bits per heavy atom. The number of benzene rings is 1.